The van der Waals surface area contributed by atoms with Crippen molar-refractivity contribution in [3.8, 4) is 0 Å². The normalized spacial score (nSPS) is 13.0. The van der Waals surface area contributed by atoms with Crippen LogP contribution in [0.2, 0.25) is 0 Å². The number of aromatic nitrogens is 1. The quantitative estimate of drug-likeness (QED) is 0.768. The Morgan fingerprint density at radius 3 is 3.00 bits per heavy atom. The van der Waals surface area contributed by atoms with E-state index in [9.17, 15) is 5.11 Å². The van der Waals surface area contributed by atoms with Crippen molar-refractivity contribution < 1.29 is 5.11 Å². The van der Waals surface area contributed by atoms with Crippen LogP contribution < -0.4 is 0 Å². The lowest BCUT2D eigenvalue weighted by atomic mass is 10.0. The monoisotopic (exact) mass is 207 g/mol. The number of benzene rings is 1. The van der Waals surface area contributed by atoms with Crippen molar-refractivity contribution in [3.63, 3.8) is 0 Å². The summed E-state index contributed by atoms with van der Waals surface area (Å²) in [5, 5.41) is 11.7. The summed E-state index contributed by atoms with van der Waals surface area (Å²) >= 11 is 5.62. The second-order valence-corrected chi connectivity index (χ2v) is 3.42. The van der Waals surface area contributed by atoms with Crippen molar-refractivity contribution in [1.29, 1.82) is 0 Å². The summed E-state index contributed by atoms with van der Waals surface area (Å²) in [5.74, 6) is 0.210. The summed E-state index contributed by atoms with van der Waals surface area (Å²) < 4.78 is 0. The van der Waals surface area contributed by atoms with Crippen LogP contribution in [-0.2, 0) is 0 Å². The summed E-state index contributed by atoms with van der Waals surface area (Å²) in [5.41, 5.74) is 0.861. The van der Waals surface area contributed by atoms with Gasteiger partial charge in [-0.3, -0.25) is 4.98 Å². The highest BCUT2D eigenvalue weighted by Gasteiger charge is 2.08. The van der Waals surface area contributed by atoms with Gasteiger partial charge in [-0.25, -0.2) is 0 Å². The third-order valence-electron chi connectivity index (χ3n) is 2.22. The SMILES string of the molecule is OC(CCl)c1cccc2cnccc12. The van der Waals surface area contributed by atoms with Crippen LogP contribution >= 0.6 is 11.6 Å². The number of nitrogens with zero attached hydrogens (tertiary/aromatic N) is 1. The maximum absolute atomic E-state index is 9.67. The molecule has 1 unspecified atom stereocenters. The van der Waals surface area contributed by atoms with E-state index >= 15 is 0 Å². The summed E-state index contributed by atoms with van der Waals surface area (Å²) in [6.07, 6.45) is 2.88. The largest absolute Gasteiger partial charge is 0.387 e. The Morgan fingerprint density at radius 2 is 2.21 bits per heavy atom. The molecule has 0 saturated carbocycles. The van der Waals surface area contributed by atoms with Crippen molar-refractivity contribution >= 4 is 22.4 Å². The summed E-state index contributed by atoms with van der Waals surface area (Å²) in [4.78, 5) is 4.02. The van der Waals surface area contributed by atoms with Gasteiger partial charge in [0.15, 0.2) is 0 Å². The number of hydrogen-bond donors (Lipinski definition) is 1. The van der Waals surface area contributed by atoms with E-state index in [4.69, 9.17) is 11.6 Å². The van der Waals surface area contributed by atoms with Crippen molar-refractivity contribution in [1.82, 2.24) is 4.98 Å². The van der Waals surface area contributed by atoms with Gasteiger partial charge < -0.3 is 5.11 Å². The number of pyridine rings is 1. The van der Waals surface area contributed by atoms with E-state index < -0.39 is 6.10 Å². The first kappa shape index (κ1) is 9.44. The molecular weight excluding hydrogens is 198 g/mol. The molecule has 0 spiro atoms. The number of alkyl halides is 1. The molecule has 0 bridgehead atoms. The van der Waals surface area contributed by atoms with Crippen LogP contribution in [0, 0.1) is 0 Å². The van der Waals surface area contributed by atoms with E-state index in [0.717, 1.165) is 16.3 Å². The van der Waals surface area contributed by atoms with E-state index in [0.29, 0.717) is 0 Å². The zero-order chi connectivity index (χ0) is 9.97. The molecule has 2 rings (SSSR count). The molecule has 1 heterocycles. The van der Waals surface area contributed by atoms with Crippen LogP contribution in [0.25, 0.3) is 10.8 Å². The number of hydrogen-bond acceptors (Lipinski definition) is 2. The van der Waals surface area contributed by atoms with Gasteiger partial charge in [0.2, 0.25) is 0 Å². The van der Waals surface area contributed by atoms with Gasteiger partial charge in [-0.15, -0.1) is 11.6 Å². The molecule has 1 N–H and O–H groups in total. The van der Waals surface area contributed by atoms with E-state index in [1.54, 1.807) is 12.4 Å². The highest BCUT2D eigenvalue weighted by Crippen LogP contribution is 2.23. The standard InChI is InChI=1S/C11H10ClNO/c12-6-11(14)10-3-1-2-8-7-13-5-4-9(8)10/h1-5,7,11,14H,6H2. The number of rotatable bonds is 2. The summed E-state index contributed by atoms with van der Waals surface area (Å²) in [6.45, 7) is 0. The molecule has 2 nitrogen and oxygen atoms in total. The molecular formula is C11H10ClNO. The fraction of sp³-hybridized carbons (Fsp3) is 0.182. The molecule has 0 amide bonds. The first-order chi connectivity index (χ1) is 6.83. The molecule has 0 aliphatic carbocycles. The van der Waals surface area contributed by atoms with Gasteiger partial charge in [-0.1, -0.05) is 18.2 Å². The molecule has 1 atom stereocenters. The lowest BCUT2D eigenvalue weighted by molar-refractivity contribution is 0.204. The Hall–Kier alpha value is -1.12. The van der Waals surface area contributed by atoms with Crippen LogP contribution in [-0.4, -0.2) is 16.0 Å². The van der Waals surface area contributed by atoms with Gasteiger partial charge in [0, 0.05) is 17.8 Å². The first-order valence-electron chi connectivity index (χ1n) is 4.39. The second kappa shape index (κ2) is 3.95. The van der Waals surface area contributed by atoms with Crippen molar-refractivity contribution in [2.45, 2.75) is 6.10 Å². The fourth-order valence-electron chi connectivity index (χ4n) is 1.52. The number of aliphatic hydroxyl groups is 1. The minimum Gasteiger partial charge on any atom is -0.387 e. The van der Waals surface area contributed by atoms with Crippen LogP contribution in [0.3, 0.4) is 0 Å². The summed E-state index contributed by atoms with van der Waals surface area (Å²) in [7, 11) is 0. The average Bonchev–Trinajstić information content (AvgIpc) is 2.27. The average molecular weight is 208 g/mol. The van der Waals surface area contributed by atoms with E-state index in [1.807, 2.05) is 24.3 Å². The molecule has 3 heteroatoms. The molecule has 0 aliphatic rings. The van der Waals surface area contributed by atoms with Crippen LogP contribution in [0.5, 0.6) is 0 Å². The topological polar surface area (TPSA) is 33.1 Å². The predicted molar refractivity (Wildman–Crippen MR) is 57.4 cm³/mol. The van der Waals surface area contributed by atoms with Crippen molar-refractivity contribution in [2.75, 3.05) is 5.88 Å². The van der Waals surface area contributed by atoms with Gasteiger partial charge in [-0.05, 0) is 17.0 Å². The second-order valence-electron chi connectivity index (χ2n) is 3.11. The third kappa shape index (κ3) is 1.59. The predicted octanol–water partition coefficient (Wildman–Crippen LogP) is 2.51. The molecule has 0 radical (unpaired) electrons. The van der Waals surface area contributed by atoms with E-state index in [2.05, 4.69) is 4.98 Å². The first-order valence-corrected chi connectivity index (χ1v) is 4.93. The van der Waals surface area contributed by atoms with Gasteiger partial charge in [0.25, 0.3) is 0 Å². The minimum atomic E-state index is -0.609. The van der Waals surface area contributed by atoms with E-state index in [1.165, 1.54) is 0 Å². The van der Waals surface area contributed by atoms with Crippen LogP contribution in [0.15, 0.2) is 36.7 Å². The Balaban J connectivity index is 2.65. The zero-order valence-electron chi connectivity index (χ0n) is 7.52. The number of aliphatic hydroxyl groups excluding tert-OH is 1. The highest BCUT2D eigenvalue weighted by molar-refractivity contribution is 6.18. The van der Waals surface area contributed by atoms with Gasteiger partial charge in [-0.2, -0.15) is 0 Å². The van der Waals surface area contributed by atoms with Gasteiger partial charge in [0.05, 0.1) is 12.0 Å². The van der Waals surface area contributed by atoms with Gasteiger partial charge >= 0.3 is 0 Å². The lowest BCUT2D eigenvalue weighted by Crippen LogP contribution is -1.99. The smallest absolute Gasteiger partial charge is 0.0931 e. The van der Waals surface area contributed by atoms with Crippen molar-refractivity contribution in [2.24, 2.45) is 0 Å². The zero-order valence-corrected chi connectivity index (χ0v) is 8.28. The Kier molecular flexibility index (Phi) is 2.66. The third-order valence-corrected chi connectivity index (χ3v) is 2.51. The molecule has 1 aromatic carbocycles. The molecule has 2 aromatic rings. The summed E-state index contributed by atoms with van der Waals surface area (Å²) in [6, 6.07) is 7.64. The number of fused-ring (bicyclic) bond motifs is 1. The maximum atomic E-state index is 9.67. The maximum Gasteiger partial charge on any atom is 0.0931 e. The molecule has 1 aromatic heterocycles. The molecule has 14 heavy (non-hydrogen) atoms. The Morgan fingerprint density at radius 1 is 1.36 bits per heavy atom. The Labute approximate surface area is 87.2 Å². The Bertz CT molecular complexity index is 439. The minimum absolute atomic E-state index is 0.210. The van der Waals surface area contributed by atoms with Crippen molar-refractivity contribution in [3.05, 3.63) is 42.2 Å². The van der Waals surface area contributed by atoms with Crippen LogP contribution in [0.1, 0.15) is 11.7 Å². The molecule has 0 saturated heterocycles. The fourth-order valence-corrected chi connectivity index (χ4v) is 1.69. The molecule has 0 fully saturated rings. The van der Waals surface area contributed by atoms with Crippen LogP contribution in [0.4, 0.5) is 0 Å². The van der Waals surface area contributed by atoms with Gasteiger partial charge in [0.1, 0.15) is 0 Å². The molecule has 0 aliphatic heterocycles. The lowest BCUT2D eigenvalue weighted by Gasteiger charge is -2.09. The highest BCUT2D eigenvalue weighted by atomic mass is 35.5. The van der Waals surface area contributed by atoms with E-state index in [-0.39, 0.29) is 5.88 Å². The molecule has 72 valence electrons. The number of halogens is 1.